The number of nitrogens with two attached hydrogens (primary N) is 1. The van der Waals surface area contributed by atoms with Gasteiger partial charge in [0.15, 0.2) is 0 Å². The minimum atomic E-state index is -0.891. The number of benzene rings is 1. The summed E-state index contributed by atoms with van der Waals surface area (Å²) >= 11 is 5.93. The molecule has 0 radical (unpaired) electrons. The molecule has 0 spiro atoms. The number of hydrogen-bond acceptors (Lipinski definition) is 4. The van der Waals surface area contributed by atoms with Crippen LogP contribution < -0.4 is 21.1 Å². The molecule has 0 aliphatic carbocycles. The highest BCUT2D eigenvalue weighted by molar-refractivity contribution is 6.31. The van der Waals surface area contributed by atoms with Crippen molar-refractivity contribution in [3.8, 4) is 5.75 Å². The minimum Gasteiger partial charge on any atom is -0.491 e. The van der Waals surface area contributed by atoms with Crippen LogP contribution >= 0.6 is 11.6 Å². The Morgan fingerprint density at radius 2 is 2.15 bits per heavy atom. The fourth-order valence-corrected chi connectivity index (χ4v) is 1.65. The Morgan fingerprint density at radius 1 is 1.45 bits per heavy atom. The normalized spacial score (nSPS) is 11.6. The summed E-state index contributed by atoms with van der Waals surface area (Å²) in [4.78, 5) is 22.3. The highest BCUT2D eigenvalue weighted by Gasteiger charge is 2.16. The van der Waals surface area contributed by atoms with Crippen molar-refractivity contribution in [1.29, 1.82) is 0 Å². The number of urea groups is 1. The lowest BCUT2D eigenvalue weighted by atomic mass is 10.2. The number of hydrogen-bond donors (Lipinski definition) is 3. The lowest BCUT2D eigenvalue weighted by Gasteiger charge is -2.17. The second-order valence-electron chi connectivity index (χ2n) is 4.21. The van der Waals surface area contributed by atoms with Gasteiger partial charge < -0.3 is 15.8 Å². The van der Waals surface area contributed by atoms with Gasteiger partial charge in [-0.25, -0.2) is 4.79 Å². The van der Waals surface area contributed by atoms with Gasteiger partial charge in [-0.1, -0.05) is 18.5 Å². The zero-order chi connectivity index (χ0) is 15.1. The molecule has 1 atom stereocenters. The molecule has 4 N–H and O–H groups in total. The van der Waals surface area contributed by atoms with Crippen LogP contribution in [0.4, 0.5) is 10.5 Å². The van der Waals surface area contributed by atoms with E-state index < -0.39 is 18.0 Å². The molecule has 7 heteroatoms. The first kappa shape index (κ1) is 16.1. The summed E-state index contributed by atoms with van der Waals surface area (Å²) in [6.45, 7) is 4.15. The van der Waals surface area contributed by atoms with E-state index in [1.165, 1.54) is 0 Å². The number of carbonyl (C=O) groups excluding carboxylic acids is 2. The molecule has 0 fully saturated rings. The Kier molecular flexibility index (Phi) is 6.11. The average molecular weight is 300 g/mol. The van der Waals surface area contributed by atoms with Gasteiger partial charge in [0, 0.05) is 5.02 Å². The molecule has 1 aromatic carbocycles. The van der Waals surface area contributed by atoms with E-state index in [4.69, 9.17) is 22.1 Å². The fraction of sp³-hybridized carbons (Fsp3) is 0.385. The maximum Gasteiger partial charge on any atom is 0.318 e. The second-order valence-corrected chi connectivity index (χ2v) is 4.64. The predicted molar refractivity (Wildman–Crippen MR) is 78.0 cm³/mol. The van der Waals surface area contributed by atoms with Gasteiger partial charge in [-0.15, -0.1) is 0 Å². The molecule has 3 amide bonds. The SMILES string of the molecule is CCCOc1ccc(Cl)cc1NC(C)C(=O)NC(N)=O. The van der Waals surface area contributed by atoms with Gasteiger partial charge in [0.25, 0.3) is 0 Å². The van der Waals surface area contributed by atoms with E-state index in [2.05, 4.69) is 5.32 Å². The molecule has 0 aliphatic rings. The largest absolute Gasteiger partial charge is 0.491 e. The number of rotatable bonds is 6. The minimum absolute atomic E-state index is 0.513. The Bertz CT molecular complexity index is 494. The number of anilines is 1. The molecule has 20 heavy (non-hydrogen) atoms. The van der Waals surface area contributed by atoms with Crippen molar-refractivity contribution in [2.75, 3.05) is 11.9 Å². The van der Waals surface area contributed by atoms with Gasteiger partial charge in [-0.2, -0.15) is 0 Å². The van der Waals surface area contributed by atoms with E-state index in [1.807, 2.05) is 12.2 Å². The molecular formula is C13H18ClN3O3. The van der Waals surface area contributed by atoms with Crippen molar-refractivity contribution in [1.82, 2.24) is 5.32 Å². The van der Waals surface area contributed by atoms with E-state index >= 15 is 0 Å². The van der Waals surface area contributed by atoms with E-state index in [-0.39, 0.29) is 0 Å². The second kappa shape index (κ2) is 7.59. The average Bonchev–Trinajstić information content (AvgIpc) is 2.37. The third-order valence-corrected chi connectivity index (χ3v) is 2.65. The van der Waals surface area contributed by atoms with Crippen LogP contribution in [0.3, 0.4) is 0 Å². The van der Waals surface area contributed by atoms with E-state index in [0.29, 0.717) is 23.1 Å². The van der Waals surface area contributed by atoms with Gasteiger partial charge in [-0.3, -0.25) is 10.1 Å². The standard InChI is InChI=1S/C13H18ClN3O3/c1-3-6-20-11-5-4-9(14)7-10(11)16-8(2)12(18)17-13(15)19/h4-5,7-8,16H,3,6H2,1-2H3,(H3,15,17,18,19). The first-order chi connectivity index (χ1) is 9.43. The van der Waals surface area contributed by atoms with Crippen molar-refractivity contribution in [3.05, 3.63) is 23.2 Å². The van der Waals surface area contributed by atoms with Gasteiger partial charge in [0.05, 0.1) is 12.3 Å². The van der Waals surface area contributed by atoms with E-state index in [0.717, 1.165) is 6.42 Å². The highest BCUT2D eigenvalue weighted by Crippen LogP contribution is 2.28. The van der Waals surface area contributed by atoms with Crippen LogP contribution in [-0.4, -0.2) is 24.6 Å². The summed E-state index contributed by atoms with van der Waals surface area (Å²) in [5.74, 6) is 0.0638. The summed E-state index contributed by atoms with van der Waals surface area (Å²) in [6.07, 6.45) is 0.861. The molecule has 1 rings (SSSR count). The molecule has 110 valence electrons. The molecule has 0 saturated carbocycles. The van der Waals surface area contributed by atoms with Crippen molar-refractivity contribution in [3.63, 3.8) is 0 Å². The number of ether oxygens (including phenoxy) is 1. The van der Waals surface area contributed by atoms with Gasteiger partial charge in [0.2, 0.25) is 5.91 Å². The summed E-state index contributed by atoms with van der Waals surface area (Å²) in [7, 11) is 0. The number of halogens is 1. The first-order valence-electron chi connectivity index (χ1n) is 6.23. The van der Waals surface area contributed by atoms with Crippen molar-refractivity contribution in [2.45, 2.75) is 26.3 Å². The fourth-order valence-electron chi connectivity index (χ4n) is 1.48. The molecule has 0 heterocycles. The molecule has 6 nitrogen and oxygen atoms in total. The molecule has 0 saturated heterocycles. The van der Waals surface area contributed by atoms with Crippen LogP contribution in [0.15, 0.2) is 18.2 Å². The Hall–Kier alpha value is -1.95. The molecular weight excluding hydrogens is 282 g/mol. The Balaban J connectivity index is 2.81. The van der Waals surface area contributed by atoms with Crippen LogP contribution in [0, 0.1) is 0 Å². The summed E-state index contributed by atoms with van der Waals surface area (Å²) in [5.41, 5.74) is 5.48. The number of imide groups is 1. The monoisotopic (exact) mass is 299 g/mol. The lowest BCUT2D eigenvalue weighted by molar-refractivity contribution is -0.120. The number of amides is 3. The summed E-state index contributed by atoms with van der Waals surface area (Å²) in [5, 5.41) is 5.45. The molecule has 0 aliphatic heterocycles. The van der Waals surface area contributed by atoms with E-state index in [9.17, 15) is 9.59 Å². The quantitative estimate of drug-likeness (QED) is 0.750. The molecule has 1 unspecified atom stereocenters. The predicted octanol–water partition coefficient (Wildman–Crippen LogP) is 2.12. The van der Waals surface area contributed by atoms with Crippen LogP contribution in [-0.2, 0) is 4.79 Å². The lowest BCUT2D eigenvalue weighted by Crippen LogP contribution is -2.43. The van der Waals surface area contributed by atoms with Crippen LogP contribution in [0.2, 0.25) is 5.02 Å². The maximum absolute atomic E-state index is 11.6. The third-order valence-electron chi connectivity index (χ3n) is 2.41. The Labute approximate surface area is 122 Å². The van der Waals surface area contributed by atoms with E-state index in [1.54, 1.807) is 25.1 Å². The molecule has 0 aromatic heterocycles. The number of primary amides is 1. The van der Waals surface area contributed by atoms with Crippen molar-refractivity contribution >= 4 is 29.2 Å². The summed E-state index contributed by atoms with van der Waals surface area (Å²) < 4.78 is 5.56. The van der Waals surface area contributed by atoms with Gasteiger partial charge >= 0.3 is 6.03 Å². The Morgan fingerprint density at radius 3 is 2.75 bits per heavy atom. The first-order valence-corrected chi connectivity index (χ1v) is 6.61. The van der Waals surface area contributed by atoms with Crippen LogP contribution in [0.5, 0.6) is 5.75 Å². The van der Waals surface area contributed by atoms with Gasteiger partial charge in [-0.05, 0) is 31.5 Å². The zero-order valence-corrected chi connectivity index (χ0v) is 12.2. The highest BCUT2D eigenvalue weighted by atomic mass is 35.5. The van der Waals surface area contributed by atoms with Crippen molar-refractivity contribution < 1.29 is 14.3 Å². The maximum atomic E-state index is 11.6. The summed E-state index contributed by atoms with van der Waals surface area (Å²) in [6, 6.07) is 3.52. The van der Waals surface area contributed by atoms with Gasteiger partial charge in [0.1, 0.15) is 11.8 Å². The number of carbonyl (C=O) groups is 2. The third kappa shape index (κ3) is 4.97. The molecule has 1 aromatic rings. The topological polar surface area (TPSA) is 93.4 Å². The van der Waals surface area contributed by atoms with Crippen LogP contribution in [0.25, 0.3) is 0 Å². The molecule has 0 bridgehead atoms. The zero-order valence-electron chi connectivity index (χ0n) is 11.4. The van der Waals surface area contributed by atoms with Crippen molar-refractivity contribution in [2.24, 2.45) is 5.73 Å². The van der Waals surface area contributed by atoms with Crippen LogP contribution in [0.1, 0.15) is 20.3 Å². The smallest absolute Gasteiger partial charge is 0.318 e. The number of nitrogens with one attached hydrogen (secondary N) is 2.